The Morgan fingerprint density at radius 3 is 3.09 bits per heavy atom. The van der Waals surface area contributed by atoms with E-state index in [1.807, 2.05) is 0 Å². The number of nitrogens with one attached hydrogen (secondary N) is 2. The van der Waals surface area contributed by atoms with E-state index in [0.717, 1.165) is 13.0 Å². The highest BCUT2D eigenvalue weighted by Gasteiger charge is 2.29. The third-order valence-corrected chi connectivity index (χ3v) is 5.61. The van der Waals surface area contributed by atoms with Crippen LogP contribution in [-0.2, 0) is 11.2 Å². The lowest BCUT2D eigenvalue weighted by Crippen LogP contribution is -3.14. The lowest BCUT2D eigenvalue weighted by atomic mass is 10.0. The maximum Gasteiger partial charge on any atom is 0.279 e. The Kier molecular flexibility index (Phi) is 4.61. The summed E-state index contributed by atoms with van der Waals surface area (Å²) in [6, 6.07) is 7.09. The summed E-state index contributed by atoms with van der Waals surface area (Å²) in [4.78, 5) is 14.9. The number of thiophene rings is 1. The molecule has 1 aliphatic heterocycles. The summed E-state index contributed by atoms with van der Waals surface area (Å²) in [7, 11) is 0. The van der Waals surface area contributed by atoms with Crippen LogP contribution in [-0.4, -0.2) is 19.0 Å². The molecule has 3 nitrogen and oxygen atoms in total. The fourth-order valence-electron chi connectivity index (χ4n) is 2.88. The average molecular weight is 384 g/mol. The van der Waals surface area contributed by atoms with Gasteiger partial charge in [-0.25, -0.2) is 4.39 Å². The molecule has 0 fully saturated rings. The summed E-state index contributed by atoms with van der Waals surface area (Å²) in [5.41, 5.74) is 1.57. The number of fused-ring (bicyclic) bond motifs is 1. The normalized spacial score (nSPS) is 20.5. The van der Waals surface area contributed by atoms with Crippen molar-refractivity contribution in [1.29, 1.82) is 0 Å². The number of carbonyl (C=O) groups excluding carboxylic acids is 1. The lowest BCUT2D eigenvalue weighted by molar-refractivity contribution is -0.923. The highest BCUT2D eigenvalue weighted by atomic mass is 79.9. The van der Waals surface area contributed by atoms with Crippen LogP contribution in [0.2, 0.25) is 0 Å². The Balaban J connectivity index is 1.65. The van der Waals surface area contributed by atoms with E-state index in [4.69, 9.17) is 0 Å². The molecule has 2 heterocycles. The lowest BCUT2D eigenvalue weighted by Gasteiger charge is -2.29. The molecule has 116 valence electrons. The molecule has 1 amide bonds. The van der Waals surface area contributed by atoms with E-state index in [1.165, 1.54) is 21.4 Å². The number of amides is 1. The molecule has 0 aliphatic carbocycles. The van der Waals surface area contributed by atoms with Crippen LogP contribution in [0.5, 0.6) is 0 Å². The first-order valence-electron chi connectivity index (χ1n) is 7.20. The van der Waals surface area contributed by atoms with Crippen molar-refractivity contribution in [1.82, 2.24) is 0 Å². The van der Waals surface area contributed by atoms with E-state index in [1.54, 1.807) is 23.5 Å². The molecule has 1 aliphatic rings. The molecule has 2 aromatic rings. The van der Waals surface area contributed by atoms with Crippen LogP contribution in [0.3, 0.4) is 0 Å². The highest BCUT2D eigenvalue weighted by molar-refractivity contribution is 9.10. The predicted octanol–water partition coefficient (Wildman–Crippen LogP) is 2.79. The summed E-state index contributed by atoms with van der Waals surface area (Å²) in [6.45, 7) is 3.43. The van der Waals surface area contributed by atoms with E-state index in [2.05, 4.69) is 39.6 Å². The molecule has 1 unspecified atom stereocenters. The van der Waals surface area contributed by atoms with Crippen molar-refractivity contribution in [2.75, 3.05) is 18.4 Å². The second kappa shape index (κ2) is 6.48. The minimum absolute atomic E-state index is 0.151. The molecule has 2 N–H and O–H groups in total. The second-order valence-electron chi connectivity index (χ2n) is 5.53. The van der Waals surface area contributed by atoms with Crippen molar-refractivity contribution < 1.29 is 14.1 Å². The summed E-state index contributed by atoms with van der Waals surface area (Å²) >= 11 is 4.99. The van der Waals surface area contributed by atoms with Crippen LogP contribution >= 0.6 is 27.3 Å². The maximum absolute atomic E-state index is 13.8. The first-order valence-corrected chi connectivity index (χ1v) is 8.87. The number of hydrogen-bond acceptors (Lipinski definition) is 2. The molecule has 0 saturated carbocycles. The van der Waals surface area contributed by atoms with Crippen LogP contribution in [0.25, 0.3) is 0 Å². The molecule has 0 radical (unpaired) electrons. The minimum Gasteiger partial charge on any atom is -0.321 e. The van der Waals surface area contributed by atoms with Gasteiger partial charge in [0.1, 0.15) is 11.9 Å². The third-order valence-electron chi connectivity index (χ3n) is 4.12. The number of carbonyl (C=O) groups is 1. The van der Waals surface area contributed by atoms with Gasteiger partial charge in [-0.1, -0.05) is 15.9 Å². The van der Waals surface area contributed by atoms with Crippen molar-refractivity contribution in [3.05, 3.63) is 50.4 Å². The zero-order valence-corrected chi connectivity index (χ0v) is 14.6. The molecule has 1 aromatic heterocycles. The van der Waals surface area contributed by atoms with Crippen molar-refractivity contribution >= 4 is 38.9 Å². The monoisotopic (exact) mass is 383 g/mol. The molecular formula is C16H17BrFN2OS+. The highest BCUT2D eigenvalue weighted by Crippen LogP contribution is 2.24. The molecule has 1 aromatic carbocycles. The summed E-state index contributed by atoms with van der Waals surface area (Å²) in [5, 5.41) is 4.78. The Hall–Kier alpha value is -1.24. The molecule has 22 heavy (non-hydrogen) atoms. The van der Waals surface area contributed by atoms with Gasteiger partial charge in [-0.3, -0.25) is 4.79 Å². The number of anilines is 1. The van der Waals surface area contributed by atoms with Crippen LogP contribution < -0.4 is 10.2 Å². The van der Waals surface area contributed by atoms with E-state index in [-0.39, 0.29) is 11.6 Å². The van der Waals surface area contributed by atoms with Crippen molar-refractivity contribution in [3.63, 3.8) is 0 Å². The van der Waals surface area contributed by atoms with Gasteiger partial charge < -0.3 is 10.2 Å². The first-order chi connectivity index (χ1) is 10.5. The number of halogens is 2. The molecule has 0 bridgehead atoms. The largest absolute Gasteiger partial charge is 0.321 e. The van der Waals surface area contributed by atoms with Crippen LogP contribution in [0.1, 0.15) is 23.4 Å². The minimum atomic E-state index is -0.426. The van der Waals surface area contributed by atoms with Crippen molar-refractivity contribution in [2.45, 2.75) is 19.4 Å². The Bertz CT molecular complexity index is 703. The van der Waals surface area contributed by atoms with Gasteiger partial charge in [-0.15, -0.1) is 11.3 Å². The van der Waals surface area contributed by atoms with Gasteiger partial charge in [0.25, 0.3) is 5.91 Å². The summed E-state index contributed by atoms with van der Waals surface area (Å²) in [6.07, 6.45) is 1.01. The molecule has 3 rings (SSSR count). The van der Waals surface area contributed by atoms with E-state index in [0.29, 0.717) is 17.1 Å². The number of rotatable bonds is 3. The van der Waals surface area contributed by atoms with E-state index >= 15 is 0 Å². The fourth-order valence-corrected chi connectivity index (χ4v) is 4.20. The smallest absolute Gasteiger partial charge is 0.279 e. The van der Waals surface area contributed by atoms with Gasteiger partial charge in [-0.2, -0.15) is 0 Å². The third kappa shape index (κ3) is 3.24. The molecular weight excluding hydrogens is 367 g/mol. The zero-order chi connectivity index (χ0) is 15.7. The molecule has 0 saturated heterocycles. The van der Waals surface area contributed by atoms with Crippen LogP contribution in [0.15, 0.2) is 34.1 Å². The number of hydrogen-bond donors (Lipinski definition) is 2. The molecule has 6 heteroatoms. The molecule has 0 spiro atoms. The van der Waals surface area contributed by atoms with Gasteiger partial charge >= 0.3 is 0 Å². The topological polar surface area (TPSA) is 33.5 Å². The number of quaternary nitrogens is 1. The Labute approximate surface area is 141 Å². The van der Waals surface area contributed by atoms with E-state index < -0.39 is 5.82 Å². The van der Waals surface area contributed by atoms with E-state index in [9.17, 15) is 9.18 Å². The van der Waals surface area contributed by atoms with Gasteiger partial charge in [0, 0.05) is 21.3 Å². The average Bonchev–Trinajstić information content (AvgIpc) is 2.94. The fraction of sp³-hybridized carbons (Fsp3) is 0.312. The van der Waals surface area contributed by atoms with Gasteiger partial charge in [0.2, 0.25) is 0 Å². The quantitative estimate of drug-likeness (QED) is 0.839. The SMILES string of the molecule is C[C@H]1c2ccsc2CC[NH+]1CC(=O)Nc1ccc(Br)cc1F. The number of benzene rings is 1. The molecule has 2 atom stereocenters. The summed E-state index contributed by atoms with van der Waals surface area (Å²) < 4.78 is 14.4. The van der Waals surface area contributed by atoms with Crippen molar-refractivity contribution in [2.24, 2.45) is 0 Å². The Morgan fingerprint density at radius 2 is 2.32 bits per heavy atom. The van der Waals surface area contributed by atoms with Crippen LogP contribution in [0.4, 0.5) is 10.1 Å². The standard InChI is InChI=1S/C16H16BrFN2OS/c1-10-12-5-7-22-15(12)4-6-20(10)9-16(21)19-14-3-2-11(17)8-13(14)18/h2-3,5,7-8,10H,4,6,9H2,1H3,(H,19,21)/p+1/t10-/m0/s1. The Morgan fingerprint density at radius 1 is 1.50 bits per heavy atom. The predicted molar refractivity (Wildman–Crippen MR) is 89.9 cm³/mol. The van der Waals surface area contributed by atoms with Gasteiger partial charge in [0.15, 0.2) is 6.54 Å². The van der Waals surface area contributed by atoms with Crippen molar-refractivity contribution in [3.8, 4) is 0 Å². The zero-order valence-electron chi connectivity index (χ0n) is 12.2. The van der Waals surface area contributed by atoms with Gasteiger partial charge in [-0.05, 0) is 36.6 Å². The summed E-state index contributed by atoms with van der Waals surface area (Å²) in [5.74, 6) is -0.578. The van der Waals surface area contributed by atoms with Crippen LogP contribution in [0, 0.1) is 5.82 Å². The second-order valence-corrected chi connectivity index (χ2v) is 7.44. The maximum atomic E-state index is 13.8. The first kappa shape index (κ1) is 15.6. The van der Waals surface area contributed by atoms with Gasteiger partial charge in [0.05, 0.1) is 12.2 Å².